The summed E-state index contributed by atoms with van der Waals surface area (Å²) in [5.41, 5.74) is 0.618. The van der Waals surface area contributed by atoms with Gasteiger partial charge in [-0.25, -0.2) is 4.98 Å². The van der Waals surface area contributed by atoms with E-state index in [2.05, 4.69) is 24.1 Å². The summed E-state index contributed by atoms with van der Waals surface area (Å²) in [5.74, 6) is 0.721. The number of anilines is 1. The Balaban J connectivity index is 2.18. The van der Waals surface area contributed by atoms with Crippen molar-refractivity contribution in [2.45, 2.75) is 39.2 Å². The van der Waals surface area contributed by atoms with Crippen LogP contribution < -0.4 is 5.32 Å². The normalized spacial score (nSPS) is 18.7. The predicted octanol–water partition coefficient (Wildman–Crippen LogP) is 3.18. The lowest BCUT2D eigenvalue weighted by Gasteiger charge is -2.21. The van der Waals surface area contributed by atoms with Gasteiger partial charge in [-0.05, 0) is 38.3 Å². The molecule has 1 aliphatic rings. The van der Waals surface area contributed by atoms with Crippen LogP contribution in [0.4, 0.5) is 5.82 Å². The van der Waals surface area contributed by atoms with Gasteiger partial charge in [-0.15, -0.1) is 0 Å². The van der Waals surface area contributed by atoms with Crippen molar-refractivity contribution in [2.75, 3.05) is 18.4 Å². The monoisotopic (exact) mass is 281 g/mol. The van der Waals surface area contributed by atoms with Crippen molar-refractivity contribution in [3.63, 3.8) is 0 Å². The number of hydrogen-bond acceptors (Lipinski definition) is 3. The number of aromatic nitrogens is 1. The minimum absolute atomic E-state index is 0.0499. The molecule has 1 aliphatic heterocycles. The van der Waals surface area contributed by atoms with Gasteiger partial charge < -0.3 is 10.2 Å². The number of halogens is 1. The predicted molar refractivity (Wildman–Crippen MR) is 77.8 cm³/mol. The Labute approximate surface area is 119 Å². The fraction of sp³-hybridized carbons (Fsp3) is 0.571. The highest BCUT2D eigenvalue weighted by Gasteiger charge is 2.26. The minimum Gasteiger partial charge on any atom is -0.370 e. The first-order valence-electron chi connectivity index (χ1n) is 6.84. The molecule has 1 N–H and O–H groups in total. The van der Waals surface area contributed by atoms with Crippen molar-refractivity contribution in [3.8, 4) is 0 Å². The Morgan fingerprint density at radius 1 is 1.58 bits per heavy atom. The van der Waals surface area contributed by atoms with Gasteiger partial charge >= 0.3 is 0 Å². The second kappa shape index (κ2) is 6.24. The second-order valence-electron chi connectivity index (χ2n) is 4.98. The maximum atomic E-state index is 12.4. The van der Waals surface area contributed by atoms with E-state index in [0.717, 1.165) is 32.4 Å². The van der Waals surface area contributed by atoms with E-state index < -0.39 is 0 Å². The molecule has 2 heterocycles. The summed E-state index contributed by atoms with van der Waals surface area (Å²) in [6, 6.07) is 3.74. The summed E-state index contributed by atoms with van der Waals surface area (Å²) < 4.78 is 0. The lowest BCUT2D eigenvalue weighted by molar-refractivity contribution is 0.0747. The first kappa shape index (κ1) is 14.1. The smallest absolute Gasteiger partial charge is 0.254 e. The Bertz CT molecular complexity index is 464. The van der Waals surface area contributed by atoms with E-state index in [1.54, 1.807) is 12.1 Å². The molecule has 0 saturated carbocycles. The maximum Gasteiger partial charge on any atom is 0.254 e. The number of likely N-dealkylation sites (tertiary alicyclic amines) is 1. The molecule has 1 amide bonds. The van der Waals surface area contributed by atoms with E-state index in [-0.39, 0.29) is 5.91 Å². The van der Waals surface area contributed by atoms with Crippen LogP contribution in [0.15, 0.2) is 12.1 Å². The zero-order valence-electron chi connectivity index (χ0n) is 11.4. The van der Waals surface area contributed by atoms with Crippen LogP contribution in [0.25, 0.3) is 0 Å². The van der Waals surface area contributed by atoms with Crippen LogP contribution in [-0.2, 0) is 0 Å². The number of carbonyl (C=O) groups excluding carboxylic acids is 1. The Kier molecular flexibility index (Phi) is 4.64. The van der Waals surface area contributed by atoms with Crippen molar-refractivity contribution in [2.24, 2.45) is 0 Å². The summed E-state index contributed by atoms with van der Waals surface area (Å²) in [4.78, 5) is 18.5. The molecule has 0 aromatic carbocycles. The Morgan fingerprint density at radius 3 is 3.00 bits per heavy atom. The van der Waals surface area contributed by atoms with Gasteiger partial charge in [0.2, 0.25) is 0 Å². The molecule has 0 spiro atoms. The van der Waals surface area contributed by atoms with Gasteiger partial charge in [0.15, 0.2) is 0 Å². The summed E-state index contributed by atoms with van der Waals surface area (Å²) >= 11 is 5.99. The van der Waals surface area contributed by atoms with Crippen LogP contribution >= 0.6 is 11.6 Å². The molecule has 1 aromatic rings. The van der Waals surface area contributed by atoms with Crippen molar-refractivity contribution in [1.82, 2.24) is 9.88 Å². The van der Waals surface area contributed by atoms with Crippen molar-refractivity contribution in [1.29, 1.82) is 0 Å². The number of carbonyl (C=O) groups is 1. The molecule has 1 saturated heterocycles. The van der Waals surface area contributed by atoms with Crippen molar-refractivity contribution < 1.29 is 4.79 Å². The zero-order valence-corrected chi connectivity index (χ0v) is 12.2. The molecule has 1 fully saturated rings. The third-order valence-electron chi connectivity index (χ3n) is 3.41. The molecule has 0 aliphatic carbocycles. The first-order chi connectivity index (χ1) is 9.11. The van der Waals surface area contributed by atoms with Crippen LogP contribution in [-0.4, -0.2) is 34.9 Å². The molecule has 4 nitrogen and oxygen atoms in total. The summed E-state index contributed by atoms with van der Waals surface area (Å²) in [7, 11) is 0. The van der Waals surface area contributed by atoms with Gasteiger partial charge in [0, 0.05) is 24.7 Å². The molecular weight excluding hydrogens is 262 g/mol. The number of nitrogens with zero attached hydrogens (tertiary/aromatic N) is 2. The van der Waals surface area contributed by atoms with Crippen LogP contribution in [0.5, 0.6) is 0 Å². The SMILES string of the molecule is CCCNc1cc(C(=O)N2CCCC2C)cc(Cl)n1. The molecule has 1 atom stereocenters. The maximum absolute atomic E-state index is 12.4. The van der Waals surface area contributed by atoms with Gasteiger partial charge in [-0.2, -0.15) is 0 Å². The number of nitrogens with one attached hydrogen (secondary N) is 1. The molecule has 1 aromatic heterocycles. The van der Waals surface area contributed by atoms with Gasteiger partial charge in [0.1, 0.15) is 11.0 Å². The van der Waals surface area contributed by atoms with Gasteiger partial charge in [-0.3, -0.25) is 4.79 Å². The number of rotatable bonds is 4. The molecular formula is C14H20ClN3O. The van der Waals surface area contributed by atoms with Gasteiger partial charge in [-0.1, -0.05) is 18.5 Å². The van der Waals surface area contributed by atoms with E-state index in [1.165, 1.54) is 0 Å². The third-order valence-corrected chi connectivity index (χ3v) is 3.60. The quantitative estimate of drug-likeness (QED) is 0.862. The molecule has 19 heavy (non-hydrogen) atoms. The van der Waals surface area contributed by atoms with Gasteiger partial charge in [0.25, 0.3) is 5.91 Å². The Morgan fingerprint density at radius 2 is 2.37 bits per heavy atom. The fourth-order valence-corrected chi connectivity index (χ4v) is 2.57. The topological polar surface area (TPSA) is 45.2 Å². The van der Waals surface area contributed by atoms with Crippen LogP contribution in [0.1, 0.15) is 43.5 Å². The third kappa shape index (κ3) is 3.38. The molecule has 2 rings (SSSR count). The lowest BCUT2D eigenvalue weighted by atomic mass is 10.2. The molecule has 1 unspecified atom stereocenters. The summed E-state index contributed by atoms with van der Waals surface area (Å²) in [5, 5.41) is 3.52. The number of pyridine rings is 1. The number of amides is 1. The fourth-order valence-electron chi connectivity index (χ4n) is 2.36. The van der Waals surface area contributed by atoms with E-state index in [4.69, 9.17) is 11.6 Å². The highest BCUT2D eigenvalue weighted by Crippen LogP contribution is 2.22. The van der Waals surface area contributed by atoms with E-state index in [9.17, 15) is 4.79 Å². The highest BCUT2D eigenvalue weighted by atomic mass is 35.5. The van der Waals surface area contributed by atoms with Gasteiger partial charge in [0.05, 0.1) is 0 Å². The molecule has 0 bridgehead atoms. The Hall–Kier alpha value is -1.29. The first-order valence-corrected chi connectivity index (χ1v) is 7.22. The van der Waals surface area contributed by atoms with Crippen LogP contribution in [0, 0.1) is 0 Å². The molecule has 104 valence electrons. The standard InChI is InChI=1S/C14H20ClN3O/c1-3-6-16-13-9-11(8-12(15)17-13)14(19)18-7-4-5-10(18)2/h8-10H,3-7H2,1-2H3,(H,16,17). The largest absolute Gasteiger partial charge is 0.370 e. The molecule has 0 radical (unpaired) electrons. The number of hydrogen-bond donors (Lipinski definition) is 1. The van der Waals surface area contributed by atoms with Crippen molar-refractivity contribution >= 4 is 23.3 Å². The second-order valence-corrected chi connectivity index (χ2v) is 5.37. The van der Waals surface area contributed by atoms with Crippen LogP contribution in [0.2, 0.25) is 5.15 Å². The van der Waals surface area contributed by atoms with E-state index in [1.807, 2.05) is 4.90 Å². The van der Waals surface area contributed by atoms with Crippen molar-refractivity contribution in [3.05, 3.63) is 22.8 Å². The van der Waals surface area contributed by atoms with Crippen LogP contribution in [0.3, 0.4) is 0 Å². The average molecular weight is 282 g/mol. The average Bonchev–Trinajstić information content (AvgIpc) is 2.81. The zero-order chi connectivity index (χ0) is 13.8. The lowest BCUT2D eigenvalue weighted by Crippen LogP contribution is -2.33. The highest BCUT2D eigenvalue weighted by molar-refractivity contribution is 6.29. The minimum atomic E-state index is 0.0499. The molecule has 5 heteroatoms. The summed E-state index contributed by atoms with van der Waals surface area (Å²) in [6.07, 6.45) is 3.15. The summed E-state index contributed by atoms with van der Waals surface area (Å²) in [6.45, 7) is 5.82. The van der Waals surface area contributed by atoms with E-state index >= 15 is 0 Å². The van der Waals surface area contributed by atoms with E-state index in [0.29, 0.717) is 22.6 Å².